The van der Waals surface area contributed by atoms with Crippen LogP contribution in [0.15, 0.2) is 0 Å². The van der Waals surface area contributed by atoms with Gasteiger partial charge in [-0.3, -0.25) is 4.79 Å². The van der Waals surface area contributed by atoms with Crippen molar-refractivity contribution in [2.45, 2.75) is 25.7 Å². The van der Waals surface area contributed by atoms with Crippen molar-refractivity contribution in [2.24, 2.45) is 23.5 Å². The van der Waals surface area contributed by atoms with Gasteiger partial charge in [0, 0.05) is 19.0 Å². The van der Waals surface area contributed by atoms with E-state index in [1.807, 2.05) is 0 Å². The quantitative estimate of drug-likeness (QED) is 0.771. The maximum atomic E-state index is 12.3. The van der Waals surface area contributed by atoms with Crippen molar-refractivity contribution in [3.63, 3.8) is 0 Å². The Bertz CT molecular complexity index is 263. The maximum Gasteiger partial charge on any atom is 0.255 e. The van der Waals surface area contributed by atoms with E-state index < -0.39 is 13.0 Å². The van der Waals surface area contributed by atoms with Gasteiger partial charge in [0.1, 0.15) is 0 Å². The van der Waals surface area contributed by atoms with E-state index in [1.165, 1.54) is 11.3 Å². The average Bonchev–Trinajstić information content (AvgIpc) is 2.69. The summed E-state index contributed by atoms with van der Waals surface area (Å²) in [4.78, 5) is 13.2. The first-order valence-electron chi connectivity index (χ1n) is 5.92. The third kappa shape index (κ3) is 2.19. The fourth-order valence-corrected chi connectivity index (χ4v) is 3.01. The highest BCUT2D eigenvalue weighted by Crippen LogP contribution is 2.58. The van der Waals surface area contributed by atoms with Crippen molar-refractivity contribution >= 4 is 5.91 Å². The van der Waals surface area contributed by atoms with Gasteiger partial charge in [0.15, 0.2) is 0 Å². The van der Waals surface area contributed by atoms with Gasteiger partial charge >= 0.3 is 0 Å². The third-order valence-electron chi connectivity index (χ3n) is 3.76. The zero-order valence-corrected chi connectivity index (χ0v) is 9.24. The maximum absolute atomic E-state index is 12.3. The van der Waals surface area contributed by atoms with Crippen LogP contribution < -0.4 is 5.73 Å². The van der Waals surface area contributed by atoms with Crippen LogP contribution >= 0.6 is 0 Å². The van der Waals surface area contributed by atoms with Crippen LogP contribution in [-0.4, -0.2) is 36.9 Å². The lowest BCUT2D eigenvalue weighted by atomic mass is 10.1. The van der Waals surface area contributed by atoms with Gasteiger partial charge in [0.2, 0.25) is 5.91 Å². The molecule has 3 nitrogen and oxygen atoms in total. The predicted octanol–water partition coefficient (Wildman–Crippen LogP) is 1.08. The molecule has 0 aromatic heterocycles. The number of hydrogen-bond donors (Lipinski definition) is 1. The molecule has 2 atom stereocenters. The summed E-state index contributed by atoms with van der Waals surface area (Å²) in [5.74, 6) is 0.885. The van der Waals surface area contributed by atoms with Gasteiger partial charge in [-0.2, -0.15) is 0 Å². The van der Waals surface area contributed by atoms with Crippen LogP contribution in [0.4, 0.5) is 8.78 Å². The van der Waals surface area contributed by atoms with E-state index in [1.54, 1.807) is 0 Å². The smallest absolute Gasteiger partial charge is 0.255 e. The van der Waals surface area contributed by atoms with Crippen LogP contribution in [0.2, 0.25) is 0 Å². The first-order chi connectivity index (χ1) is 7.65. The number of rotatable bonds is 5. The van der Waals surface area contributed by atoms with Gasteiger partial charge in [-0.15, -0.1) is 0 Å². The zero-order valence-electron chi connectivity index (χ0n) is 9.24. The molecule has 0 aromatic carbocycles. The van der Waals surface area contributed by atoms with Crippen molar-refractivity contribution in [2.75, 3.05) is 19.6 Å². The molecule has 92 valence electrons. The molecule has 2 fully saturated rings. The van der Waals surface area contributed by atoms with Crippen LogP contribution in [-0.2, 0) is 4.79 Å². The van der Waals surface area contributed by atoms with E-state index >= 15 is 0 Å². The monoisotopic (exact) mass is 232 g/mol. The normalized spacial score (nSPS) is 31.6. The third-order valence-corrected chi connectivity index (χ3v) is 3.76. The molecule has 2 rings (SSSR count). The van der Waals surface area contributed by atoms with Crippen LogP contribution in [0.3, 0.4) is 0 Å². The van der Waals surface area contributed by atoms with Crippen molar-refractivity contribution in [1.82, 2.24) is 4.90 Å². The van der Waals surface area contributed by atoms with E-state index in [2.05, 4.69) is 0 Å². The van der Waals surface area contributed by atoms with Gasteiger partial charge in [-0.1, -0.05) is 6.42 Å². The zero-order chi connectivity index (χ0) is 11.7. The van der Waals surface area contributed by atoms with Crippen LogP contribution in [0.25, 0.3) is 0 Å². The van der Waals surface area contributed by atoms with Crippen molar-refractivity contribution in [3.8, 4) is 0 Å². The molecule has 5 heteroatoms. The first-order valence-corrected chi connectivity index (χ1v) is 5.92. The highest BCUT2D eigenvalue weighted by atomic mass is 19.3. The number of carbonyl (C=O) groups excluding carboxylic acids is 1. The molecule has 0 aromatic rings. The molecule has 0 spiro atoms. The molecule has 2 aliphatic carbocycles. The summed E-state index contributed by atoms with van der Waals surface area (Å²) in [6.07, 6.45) is 0.901. The Hall–Kier alpha value is -0.710. The second-order valence-corrected chi connectivity index (χ2v) is 4.75. The molecule has 16 heavy (non-hydrogen) atoms. The molecule has 0 bridgehead atoms. The van der Waals surface area contributed by atoms with E-state index in [0.717, 1.165) is 12.8 Å². The summed E-state index contributed by atoms with van der Waals surface area (Å²) in [5.41, 5.74) is 5.34. The molecule has 0 aliphatic heterocycles. The number of fused-ring (bicyclic) bond motifs is 1. The number of halogens is 2. The minimum Gasteiger partial charge on any atom is -0.335 e. The molecule has 2 unspecified atom stereocenters. The number of alkyl halides is 2. The second-order valence-electron chi connectivity index (χ2n) is 4.75. The fraction of sp³-hybridized carbons (Fsp3) is 0.909. The van der Waals surface area contributed by atoms with E-state index in [0.29, 0.717) is 11.8 Å². The fourth-order valence-electron chi connectivity index (χ4n) is 3.01. The Morgan fingerprint density at radius 2 is 2.00 bits per heavy atom. The lowest BCUT2D eigenvalue weighted by molar-refractivity contribution is -0.135. The molecule has 0 saturated heterocycles. The molecule has 0 radical (unpaired) electrons. The Balaban J connectivity index is 1.90. The molecule has 1 amide bonds. The molecular weight excluding hydrogens is 214 g/mol. The summed E-state index contributed by atoms with van der Waals surface area (Å²) in [7, 11) is 0. The minimum absolute atomic E-state index is 0.0269. The molecule has 2 aliphatic rings. The number of nitrogens with two attached hydrogens (primary N) is 1. The lowest BCUT2D eigenvalue weighted by Gasteiger charge is -2.22. The predicted molar refractivity (Wildman–Crippen MR) is 56.0 cm³/mol. The summed E-state index contributed by atoms with van der Waals surface area (Å²) < 4.78 is 24.6. The van der Waals surface area contributed by atoms with Crippen LogP contribution in [0.5, 0.6) is 0 Å². The second kappa shape index (κ2) is 4.65. The van der Waals surface area contributed by atoms with Gasteiger partial charge in [0.25, 0.3) is 6.43 Å². The average molecular weight is 232 g/mol. The Kier molecular flexibility index (Phi) is 3.42. The molecule has 0 heterocycles. The SMILES string of the molecule is NCCN(CC(F)F)C(=O)C1C2CCCC21. The number of nitrogens with zero attached hydrogens (tertiary/aromatic N) is 1. The number of amides is 1. The standard InChI is InChI=1S/C11H18F2N2O/c12-9(13)6-15(5-4-14)11(16)10-7-2-1-3-8(7)10/h7-10H,1-6,14H2. The minimum atomic E-state index is -2.46. The summed E-state index contributed by atoms with van der Waals surface area (Å²) >= 11 is 0. The van der Waals surface area contributed by atoms with E-state index in [4.69, 9.17) is 5.73 Å². The van der Waals surface area contributed by atoms with Crippen molar-refractivity contribution < 1.29 is 13.6 Å². The molecule has 2 saturated carbocycles. The lowest BCUT2D eigenvalue weighted by Crippen LogP contribution is -2.40. The molecular formula is C11H18F2N2O. The summed E-state index contributed by atoms with van der Waals surface area (Å²) in [6.45, 7) is 0.0333. The van der Waals surface area contributed by atoms with Crippen molar-refractivity contribution in [1.29, 1.82) is 0 Å². The number of hydrogen-bond acceptors (Lipinski definition) is 2. The molecule has 2 N–H and O–H groups in total. The Morgan fingerprint density at radius 3 is 2.50 bits per heavy atom. The topological polar surface area (TPSA) is 46.3 Å². The Labute approximate surface area is 94.0 Å². The highest BCUT2D eigenvalue weighted by molar-refractivity contribution is 5.82. The van der Waals surface area contributed by atoms with E-state index in [-0.39, 0.29) is 24.9 Å². The summed E-state index contributed by atoms with van der Waals surface area (Å²) in [5, 5.41) is 0. The van der Waals surface area contributed by atoms with Gasteiger partial charge < -0.3 is 10.6 Å². The van der Waals surface area contributed by atoms with Gasteiger partial charge in [0.05, 0.1) is 6.54 Å². The summed E-state index contributed by atoms with van der Waals surface area (Å²) in [6, 6.07) is 0. The van der Waals surface area contributed by atoms with Gasteiger partial charge in [-0.25, -0.2) is 8.78 Å². The first kappa shape index (κ1) is 11.8. The largest absolute Gasteiger partial charge is 0.335 e. The van der Waals surface area contributed by atoms with Crippen LogP contribution in [0, 0.1) is 17.8 Å². The highest BCUT2D eigenvalue weighted by Gasteiger charge is 2.57. The van der Waals surface area contributed by atoms with Crippen molar-refractivity contribution in [3.05, 3.63) is 0 Å². The Morgan fingerprint density at radius 1 is 1.38 bits per heavy atom. The van der Waals surface area contributed by atoms with Crippen LogP contribution in [0.1, 0.15) is 19.3 Å². The number of carbonyl (C=O) groups is 1. The van der Waals surface area contributed by atoms with Gasteiger partial charge in [-0.05, 0) is 24.7 Å². The van der Waals surface area contributed by atoms with E-state index in [9.17, 15) is 13.6 Å².